The third-order valence-corrected chi connectivity index (χ3v) is 7.25. The predicted octanol–water partition coefficient (Wildman–Crippen LogP) is 2.65. The van der Waals surface area contributed by atoms with Gasteiger partial charge in [-0.2, -0.15) is 4.98 Å². The Morgan fingerprint density at radius 1 is 1.32 bits per heavy atom. The lowest BCUT2D eigenvalue weighted by atomic mass is 10.1. The van der Waals surface area contributed by atoms with Crippen LogP contribution >= 0.6 is 23.4 Å². The highest BCUT2D eigenvalue weighted by molar-refractivity contribution is 7.99. The fourth-order valence-corrected chi connectivity index (χ4v) is 5.32. The van der Waals surface area contributed by atoms with E-state index in [1.54, 1.807) is 25.7 Å². The zero-order valence-corrected chi connectivity index (χ0v) is 16.2. The van der Waals surface area contributed by atoms with Crippen molar-refractivity contribution in [2.75, 3.05) is 30.8 Å². The van der Waals surface area contributed by atoms with Gasteiger partial charge in [0.1, 0.15) is 5.82 Å². The van der Waals surface area contributed by atoms with Gasteiger partial charge in [-0.3, -0.25) is 9.47 Å². The molecule has 0 bridgehead atoms. The zero-order valence-electron chi connectivity index (χ0n) is 14.6. The maximum atomic E-state index is 15.0. The van der Waals surface area contributed by atoms with Crippen molar-refractivity contribution < 1.29 is 4.39 Å². The maximum absolute atomic E-state index is 15.0. The standard InChI is InChI=1S/C17H20ClFN4OS/c1-8-5-23-10(6-21(8)3)7-25-15-11-14(13(19)9(2)12(15)18)22(4)17(24)20-16(11)23/h8,10H,5-7H2,1-4H3. The van der Waals surface area contributed by atoms with E-state index in [0.717, 1.165) is 23.7 Å². The highest BCUT2D eigenvalue weighted by Gasteiger charge is 2.36. The van der Waals surface area contributed by atoms with Crippen LogP contribution in [0.3, 0.4) is 0 Å². The summed E-state index contributed by atoms with van der Waals surface area (Å²) in [7, 11) is 3.67. The van der Waals surface area contributed by atoms with Gasteiger partial charge in [0.05, 0.1) is 22.0 Å². The average molecular weight is 383 g/mol. The third kappa shape index (κ3) is 2.39. The summed E-state index contributed by atoms with van der Waals surface area (Å²) >= 11 is 8.13. The first-order valence-electron chi connectivity index (χ1n) is 8.29. The molecule has 2 atom stereocenters. The Labute approximate surface area is 154 Å². The molecule has 2 unspecified atom stereocenters. The lowest BCUT2D eigenvalue weighted by Gasteiger charge is -2.43. The van der Waals surface area contributed by atoms with E-state index in [1.165, 1.54) is 4.57 Å². The van der Waals surface area contributed by atoms with Crippen molar-refractivity contribution in [3.8, 4) is 0 Å². The van der Waals surface area contributed by atoms with Crippen molar-refractivity contribution >= 4 is 40.1 Å². The van der Waals surface area contributed by atoms with Crippen LogP contribution in [0, 0.1) is 12.7 Å². The van der Waals surface area contributed by atoms with Gasteiger partial charge in [-0.1, -0.05) is 11.6 Å². The van der Waals surface area contributed by atoms with Crippen LogP contribution in [-0.4, -0.2) is 52.4 Å². The van der Waals surface area contributed by atoms with E-state index < -0.39 is 11.5 Å². The molecule has 25 heavy (non-hydrogen) atoms. The number of hydrogen-bond acceptors (Lipinski definition) is 5. The lowest BCUT2D eigenvalue weighted by Crippen LogP contribution is -2.57. The minimum absolute atomic E-state index is 0.209. The van der Waals surface area contributed by atoms with Crippen molar-refractivity contribution in [2.45, 2.75) is 30.8 Å². The topological polar surface area (TPSA) is 41.4 Å². The molecule has 0 aliphatic carbocycles. The van der Waals surface area contributed by atoms with Crippen LogP contribution in [0.2, 0.25) is 5.02 Å². The molecule has 2 aromatic rings. The highest BCUT2D eigenvalue weighted by atomic mass is 35.5. The number of halogens is 2. The van der Waals surface area contributed by atoms with Crippen LogP contribution in [0.4, 0.5) is 10.2 Å². The first-order valence-corrected chi connectivity index (χ1v) is 9.65. The molecular weight excluding hydrogens is 363 g/mol. The van der Waals surface area contributed by atoms with E-state index in [9.17, 15) is 4.79 Å². The van der Waals surface area contributed by atoms with Gasteiger partial charge in [0.2, 0.25) is 0 Å². The summed E-state index contributed by atoms with van der Waals surface area (Å²) in [6.07, 6.45) is 0. The number of aromatic nitrogens is 2. The number of piperazine rings is 1. The second-order valence-corrected chi connectivity index (χ2v) is 8.40. The molecule has 8 heteroatoms. The molecule has 0 spiro atoms. The first kappa shape index (κ1) is 17.1. The molecule has 2 aliphatic heterocycles. The van der Waals surface area contributed by atoms with E-state index >= 15 is 4.39 Å². The zero-order chi connectivity index (χ0) is 18.0. The monoisotopic (exact) mass is 382 g/mol. The molecule has 2 aliphatic rings. The fourth-order valence-electron chi connectivity index (χ4n) is 3.72. The minimum atomic E-state index is -0.439. The average Bonchev–Trinajstić information content (AvgIpc) is 2.71. The van der Waals surface area contributed by atoms with Crippen molar-refractivity contribution in [1.82, 2.24) is 14.5 Å². The number of hydrogen-bond donors (Lipinski definition) is 0. The van der Waals surface area contributed by atoms with Gasteiger partial charge >= 0.3 is 5.69 Å². The Bertz CT molecular complexity index is 947. The van der Waals surface area contributed by atoms with E-state index in [-0.39, 0.29) is 6.04 Å². The molecule has 0 amide bonds. The van der Waals surface area contributed by atoms with Gasteiger partial charge in [-0.25, -0.2) is 9.18 Å². The molecule has 1 aromatic carbocycles. The van der Waals surface area contributed by atoms with Crippen LogP contribution in [0.25, 0.3) is 10.9 Å². The predicted molar refractivity (Wildman–Crippen MR) is 101 cm³/mol. The Hall–Kier alpha value is -1.31. The Balaban J connectivity index is 2.09. The SMILES string of the molecule is Cc1c(Cl)c2c3c(nc(=O)n(C)c3c1F)N1CC(C)N(C)CC1CS2. The van der Waals surface area contributed by atoms with E-state index in [1.807, 2.05) is 0 Å². The van der Waals surface area contributed by atoms with Crippen molar-refractivity contribution in [3.05, 3.63) is 26.9 Å². The molecule has 3 heterocycles. The van der Waals surface area contributed by atoms with Crippen LogP contribution in [-0.2, 0) is 7.05 Å². The normalized spacial score (nSPS) is 23.7. The smallest absolute Gasteiger partial charge is 0.349 e. The molecule has 1 saturated heterocycles. The fraction of sp³-hybridized carbons (Fsp3) is 0.529. The lowest BCUT2D eigenvalue weighted by molar-refractivity contribution is 0.207. The molecule has 1 aromatic heterocycles. The van der Waals surface area contributed by atoms with E-state index in [2.05, 4.69) is 28.8 Å². The molecule has 1 fully saturated rings. The number of fused-ring (bicyclic) bond motifs is 2. The van der Waals surface area contributed by atoms with Gasteiger partial charge in [-0.05, 0) is 20.9 Å². The van der Waals surface area contributed by atoms with Gasteiger partial charge in [0.25, 0.3) is 0 Å². The van der Waals surface area contributed by atoms with Gasteiger partial charge in [-0.15, -0.1) is 11.8 Å². The summed E-state index contributed by atoms with van der Waals surface area (Å²) in [5.41, 5.74) is 0.243. The third-order valence-electron chi connectivity index (χ3n) is 5.42. The van der Waals surface area contributed by atoms with Gasteiger partial charge in [0, 0.05) is 42.4 Å². The number of likely N-dealkylation sites (N-methyl/N-ethyl adjacent to an activating group) is 1. The summed E-state index contributed by atoms with van der Waals surface area (Å²) in [4.78, 5) is 22.1. The number of benzene rings is 1. The summed E-state index contributed by atoms with van der Waals surface area (Å²) < 4.78 is 16.3. The summed E-state index contributed by atoms with van der Waals surface area (Å²) in [6, 6.07) is 0.537. The Kier molecular flexibility index (Phi) is 4.01. The van der Waals surface area contributed by atoms with Crippen molar-refractivity contribution in [3.63, 3.8) is 0 Å². The molecule has 0 N–H and O–H groups in total. The number of aryl methyl sites for hydroxylation is 1. The van der Waals surface area contributed by atoms with Crippen molar-refractivity contribution in [2.24, 2.45) is 7.05 Å². The molecular formula is C17H20ClFN4OS. The second kappa shape index (κ2) is 5.86. The Morgan fingerprint density at radius 3 is 2.76 bits per heavy atom. The van der Waals surface area contributed by atoms with Crippen molar-refractivity contribution in [1.29, 1.82) is 0 Å². The maximum Gasteiger partial charge on any atom is 0.349 e. The summed E-state index contributed by atoms with van der Waals surface area (Å²) in [5, 5.41) is 1.09. The Morgan fingerprint density at radius 2 is 2.04 bits per heavy atom. The summed E-state index contributed by atoms with van der Waals surface area (Å²) in [5.74, 6) is 0.961. The first-order chi connectivity index (χ1) is 11.8. The van der Waals surface area contributed by atoms with Gasteiger partial charge in [0.15, 0.2) is 5.82 Å². The van der Waals surface area contributed by atoms with Crippen LogP contribution in [0.15, 0.2) is 9.69 Å². The molecule has 0 radical (unpaired) electrons. The summed E-state index contributed by atoms with van der Waals surface area (Å²) in [6.45, 7) is 5.44. The van der Waals surface area contributed by atoms with Gasteiger partial charge < -0.3 is 4.90 Å². The number of nitrogens with zero attached hydrogens (tertiary/aromatic N) is 4. The van der Waals surface area contributed by atoms with Crippen LogP contribution in [0.1, 0.15) is 12.5 Å². The molecule has 4 rings (SSSR count). The van der Waals surface area contributed by atoms with E-state index in [4.69, 9.17) is 11.6 Å². The highest BCUT2D eigenvalue weighted by Crippen LogP contribution is 2.45. The molecule has 5 nitrogen and oxygen atoms in total. The minimum Gasteiger partial charge on any atom is -0.349 e. The number of rotatable bonds is 0. The second-order valence-electron chi connectivity index (χ2n) is 6.99. The largest absolute Gasteiger partial charge is 0.349 e. The number of thioether (sulfide) groups is 1. The molecule has 0 saturated carbocycles. The van der Waals surface area contributed by atoms with E-state index in [0.29, 0.717) is 33.3 Å². The quantitative estimate of drug-likeness (QED) is 0.700. The van der Waals surface area contributed by atoms with Crippen LogP contribution in [0.5, 0.6) is 0 Å². The van der Waals surface area contributed by atoms with Crippen LogP contribution < -0.4 is 10.6 Å². The molecule has 134 valence electrons. The number of anilines is 1.